The van der Waals surface area contributed by atoms with Crippen LogP contribution in [0.5, 0.6) is 0 Å². The molecular formula is C21H22F4. The van der Waals surface area contributed by atoms with Gasteiger partial charge < -0.3 is 0 Å². The average Bonchev–Trinajstić information content (AvgIpc) is 2.60. The summed E-state index contributed by atoms with van der Waals surface area (Å²) in [5.41, 5.74) is 1.02. The molecule has 0 aliphatic heterocycles. The third kappa shape index (κ3) is 3.88. The van der Waals surface area contributed by atoms with Crippen molar-refractivity contribution in [2.45, 2.75) is 51.4 Å². The molecule has 0 radical (unpaired) electrons. The molecule has 1 aliphatic rings. The fourth-order valence-corrected chi connectivity index (χ4v) is 3.92. The van der Waals surface area contributed by atoms with E-state index in [-0.39, 0.29) is 11.1 Å². The van der Waals surface area contributed by atoms with Gasteiger partial charge in [-0.3, -0.25) is 0 Å². The lowest BCUT2D eigenvalue weighted by molar-refractivity contribution is 0.308. The molecule has 0 bridgehead atoms. The van der Waals surface area contributed by atoms with Crippen LogP contribution in [0.3, 0.4) is 0 Å². The van der Waals surface area contributed by atoms with Crippen molar-refractivity contribution in [3.63, 3.8) is 0 Å². The smallest absolute Gasteiger partial charge is 0.194 e. The molecule has 0 aromatic heterocycles. The topological polar surface area (TPSA) is 0 Å². The van der Waals surface area contributed by atoms with Gasteiger partial charge in [-0.2, -0.15) is 0 Å². The molecule has 0 nitrogen and oxygen atoms in total. The van der Waals surface area contributed by atoms with Gasteiger partial charge in [-0.25, -0.2) is 17.6 Å². The molecule has 134 valence electrons. The molecule has 0 atom stereocenters. The normalized spacial score (nSPS) is 20.7. The highest BCUT2D eigenvalue weighted by molar-refractivity contribution is 5.65. The van der Waals surface area contributed by atoms with E-state index in [2.05, 4.69) is 6.92 Å². The Morgan fingerprint density at radius 3 is 2.04 bits per heavy atom. The van der Waals surface area contributed by atoms with Crippen molar-refractivity contribution in [1.29, 1.82) is 0 Å². The summed E-state index contributed by atoms with van der Waals surface area (Å²) in [6, 6.07) is 6.47. The zero-order valence-corrected chi connectivity index (χ0v) is 14.3. The molecule has 25 heavy (non-hydrogen) atoms. The maximum absolute atomic E-state index is 14.5. The van der Waals surface area contributed by atoms with Gasteiger partial charge in [0.2, 0.25) is 0 Å². The number of hydrogen-bond donors (Lipinski definition) is 0. The molecule has 0 spiro atoms. The Labute approximate surface area is 145 Å². The lowest BCUT2D eigenvalue weighted by atomic mass is 9.77. The molecule has 0 saturated heterocycles. The zero-order valence-electron chi connectivity index (χ0n) is 14.3. The van der Waals surface area contributed by atoms with Gasteiger partial charge in [0.15, 0.2) is 17.5 Å². The highest BCUT2D eigenvalue weighted by atomic mass is 19.2. The van der Waals surface area contributed by atoms with Crippen molar-refractivity contribution >= 4 is 0 Å². The first-order valence-electron chi connectivity index (χ1n) is 8.94. The fraction of sp³-hybridized carbons (Fsp3) is 0.429. The van der Waals surface area contributed by atoms with E-state index in [0.717, 1.165) is 49.3 Å². The van der Waals surface area contributed by atoms with Crippen LogP contribution in [0, 0.1) is 29.2 Å². The summed E-state index contributed by atoms with van der Waals surface area (Å²) in [6.07, 6.45) is 6.87. The second-order valence-electron chi connectivity index (χ2n) is 7.00. The SMILES string of the molecule is CCCC1CCC(c2ccc(-c3cc(F)c(F)c(F)c3)c(F)c2)CC1. The Morgan fingerprint density at radius 2 is 1.48 bits per heavy atom. The van der Waals surface area contributed by atoms with Crippen molar-refractivity contribution in [3.8, 4) is 11.1 Å². The Bertz CT molecular complexity index is 723. The molecule has 0 unspecified atom stereocenters. The summed E-state index contributed by atoms with van der Waals surface area (Å²) in [6.45, 7) is 2.20. The van der Waals surface area contributed by atoms with E-state index in [1.807, 2.05) is 6.07 Å². The van der Waals surface area contributed by atoms with Gasteiger partial charge in [0.25, 0.3) is 0 Å². The van der Waals surface area contributed by atoms with Crippen LogP contribution < -0.4 is 0 Å². The highest BCUT2D eigenvalue weighted by Gasteiger charge is 2.23. The van der Waals surface area contributed by atoms with E-state index in [1.54, 1.807) is 0 Å². The van der Waals surface area contributed by atoms with Crippen molar-refractivity contribution < 1.29 is 17.6 Å². The van der Waals surface area contributed by atoms with Gasteiger partial charge in [-0.1, -0.05) is 31.9 Å². The largest absolute Gasteiger partial charge is 0.206 e. The number of hydrogen-bond acceptors (Lipinski definition) is 0. The first-order valence-corrected chi connectivity index (χ1v) is 8.94. The molecule has 0 amide bonds. The second kappa shape index (κ2) is 7.59. The maximum atomic E-state index is 14.5. The lowest BCUT2D eigenvalue weighted by Crippen LogP contribution is -2.13. The van der Waals surface area contributed by atoms with Gasteiger partial charge >= 0.3 is 0 Å². The summed E-state index contributed by atoms with van der Waals surface area (Å²) in [7, 11) is 0. The Balaban J connectivity index is 1.80. The van der Waals surface area contributed by atoms with Crippen LogP contribution in [0.4, 0.5) is 17.6 Å². The molecular weight excluding hydrogens is 328 g/mol. The molecule has 2 aromatic carbocycles. The average molecular weight is 350 g/mol. The van der Waals surface area contributed by atoms with Crippen LogP contribution >= 0.6 is 0 Å². The monoisotopic (exact) mass is 350 g/mol. The van der Waals surface area contributed by atoms with Gasteiger partial charge in [0.05, 0.1) is 0 Å². The van der Waals surface area contributed by atoms with E-state index in [9.17, 15) is 17.6 Å². The van der Waals surface area contributed by atoms with E-state index in [0.29, 0.717) is 5.92 Å². The van der Waals surface area contributed by atoms with Gasteiger partial charge in [0.1, 0.15) is 5.82 Å². The van der Waals surface area contributed by atoms with Crippen molar-refractivity contribution in [2.75, 3.05) is 0 Å². The molecule has 1 aliphatic carbocycles. The molecule has 3 rings (SSSR count). The molecule has 1 fully saturated rings. The van der Waals surface area contributed by atoms with Crippen LogP contribution in [0.2, 0.25) is 0 Å². The van der Waals surface area contributed by atoms with E-state index >= 15 is 0 Å². The molecule has 0 heterocycles. The van der Waals surface area contributed by atoms with Crippen molar-refractivity contribution in [2.24, 2.45) is 5.92 Å². The fourth-order valence-electron chi connectivity index (χ4n) is 3.92. The second-order valence-corrected chi connectivity index (χ2v) is 7.00. The summed E-state index contributed by atoms with van der Waals surface area (Å²) in [5, 5.41) is 0. The Kier molecular flexibility index (Phi) is 5.45. The van der Waals surface area contributed by atoms with Gasteiger partial charge in [-0.15, -0.1) is 0 Å². The van der Waals surface area contributed by atoms with Crippen molar-refractivity contribution in [3.05, 3.63) is 59.2 Å². The summed E-state index contributed by atoms with van der Waals surface area (Å²) in [5.74, 6) is -3.59. The molecule has 1 saturated carbocycles. The summed E-state index contributed by atoms with van der Waals surface area (Å²) < 4.78 is 54.4. The number of halogens is 4. The minimum atomic E-state index is -1.54. The van der Waals surface area contributed by atoms with E-state index in [4.69, 9.17) is 0 Å². The highest BCUT2D eigenvalue weighted by Crippen LogP contribution is 2.38. The van der Waals surface area contributed by atoms with Crippen LogP contribution in [-0.4, -0.2) is 0 Å². The predicted octanol–water partition coefficient (Wildman–Crippen LogP) is 6.98. The molecule has 2 aromatic rings. The van der Waals surface area contributed by atoms with E-state index in [1.165, 1.54) is 25.0 Å². The summed E-state index contributed by atoms with van der Waals surface area (Å²) in [4.78, 5) is 0. The Morgan fingerprint density at radius 1 is 0.840 bits per heavy atom. The zero-order chi connectivity index (χ0) is 18.0. The number of rotatable bonds is 4. The summed E-state index contributed by atoms with van der Waals surface area (Å²) >= 11 is 0. The van der Waals surface area contributed by atoms with Crippen molar-refractivity contribution in [1.82, 2.24) is 0 Å². The third-order valence-electron chi connectivity index (χ3n) is 5.30. The van der Waals surface area contributed by atoms with E-state index < -0.39 is 23.3 Å². The first kappa shape index (κ1) is 18.0. The Hall–Kier alpha value is -1.84. The molecule has 4 heteroatoms. The minimum Gasteiger partial charge on any atom is -0.206 e. The predicted molar refractivity (Wildman–Crippen MR) is 91.3 cm³/mol. The lowest BCUT2D eigenvalue weighted by Gasteiger charge is -2.28. The van der Waals surface area contributed by atoms with Crippen LogP contribution in [-0.2, 0) is 0 Å². The standard InChI is InChI=1S/C21H22F4/c1-2-3-13-4-6-14(7-5-13)15-8-9-17(18(22)10-15)16-11-19(23)21(25)20(24)12-16/h8-14H,2-7H2,1H3. The quantitative estimate of drug-likeness (QED) is 0.412. The number of benzene rings is 2. The van der Waals surface area contributed by atoms with Crippen LogP contribution in [0.1, 0.15) is 56.9 Å². The minimum absolute atomic E-state index is 0.00658. The van der Waals surface area contributed by atoms with Crippen LogP contribution in [0.25, 0.3) is 11.1 Å². The van der Waals surface area contributed by atoms with Gasteiger partial charge in [-0.05, 0) is 66.8 Å². The molecule has 0 N–H and O–H groups in total. The maximum Gasteiger partial charge on any atom is 0.194 e. The third-order valence-corrected chi connectivity index (χ3v) is 5.30. The van der Waals surface area contributed by atoms with Crippen LogP contribution in [0.15, 0.2) is 30.3 Å². The van der Waals surface area contributed by atoms with Gasteiger partial charge in [0, 0.05) is 5.56 Å². The first-order chi connectivity index (χ1) is 12.0.